The molecule has 0 bridgehead atoms. The van der Waals surface area contributed by atoms with Gasteiger partial charge in [-0.3, -0.25) is 15.0 Å². The van der Waals surface area contributed by atoms with Crippen molar-refractivity contribution in [2.24, 2.45) is 0 Å². The lowest BCUT2D eigenvalue weighted by molar-refractivity contribution is 0.920. The maximum atomic E-state index is 4.17. The third kappa shape index (κ3) is 17.0. The van der Waals surface area contributed by atoms with E-state index in [-0.39, 0.29) is 0 Å². The van der Waals surface area contributed by atoms with Gasteiger partial charge in [-0.25, -0.2) is 34.9 Å². The molecule has 0 fully saturated rings. The molecule has 0 radical (unpaired) electrons. The van der Waals surface area contributed by atoms with Gasteiger partial charge in [-0.05, 0) is 93.5 Å². The van der Waals surface area contributed by atoms with Crippen LogP contribution < -0.4 is 0 Å². The molecule has 0 atom stereocenters. The van der Waals surface area contributed by atoms with Gasteiger partial charge >= 0.3 is 0 Å². The topological polar surface area (TPSA) is 129 Å². The average molecular weight is 541 g/mol. The summed E-state index contributed by atoms with van der Waals surface area (Å²) in [5, 5.41) is 0. The highest BCUT2D eigenvalue weighted by molar-refractivity contribution is 5.07. The molecule has 0 saturated carbocycles. The normalized spacial score (nSPS) is 9.25. The van der Waals surface area contributed by atoms with Crippen LogP contribution in [-0.2, 0) is 0 Å². The summed E-state index contributed by atoms with van der Waals surface area (Å²) < 4.78 is 0. The van der Waals surface area contributed by atoms with Crippen LogP contribution in [0.2, 0.25) is 0 Å². The van der Waals surface area contributed by atoms with Crippen LogP contribution in [0.5, 0.6) is 0 Å². The van der Waals surface area contributed by atoms with Crippen LogP contribution in [0, 0.1) is 69.2 Å². The van der Waals surface area contributed by atoms with Crippen LogP contribution in [0.3, 0.4) is 0 Å². The smallest absolute Gasteiger partial charge is 0.129 e. The third-order valence-corrected chi connectivity index (χ3v) is 4.55. The monoisotopic (exact) mass is 540 g/mol. The van der Waals surface area contributed by atoms with Gasteiger partial charge in [0.1, 0.15) is 29.6 Å². The lowest BCUT2D eigenvalue weighted by Crippen LogP contribution is -1.91. The molecule has 5 rings (SSSR count). The van der Waals surface area contributed by atoms with Crippen molar-refractivity contribution < 1.29 is 0 Å². The fourth-order valence-electron chi connectivity index (χ4n) is 2.90. The number of nitrogens with zero attached hydrogens (tertiary/aromatic N) is 10. The van der Waals surface area contributed by atoms with Crippen LogP contribution in [0.4, 0.5) is 0 Å². The van der Waals surface area contributed by atoms with Crippen molar-refractivity contribution in [3.63, 3.8) is 0 Å². The van der Waals surface area contributed by atoms with Gasteiger partial charge in [-0.1, -0.05) is 6.07 Å². The first-order chi connectivity index (χ1) is 18.9. The number of hydrogen-bond donors (Lipinski definition) is 0. The predicted octanol–water partition coefficient (Wildman–Crippen LogP) is 5.47. The Labute approximate surface area is 238 Å². The Kier molecular flexibility index (Phi) is 15.6. The summed E-state index contributed by atoms with van der Waals surface area (Å²) in [5.41, 5.74) is 6.18. The van der Waals surface area contributed by atoms with E-state index in [9.17, 15) is 0 Å². The van der Waals surface area contributed by atoms with E-state index >= 15 is 0 Å². The molecule has 10 heteroatoms. The van der Waals surface area contributed by atoms with Gasteiger partial charge in [0.25, 0.3) is 0 Å². The average Bonchev–Trinajstić information content (AvgIpc) is 2.85. The summed E-state index contributed by atoms with van der Waals surface area (Å²) in [5.74, 6) is 3.23. The van der Waals surface area contributed by atoms with Crippen molar-refractivity contribution in [1.29, 1.82) is 0 Å². The van der Waals surface area contributed by atoms with Crippen molar-refractivity contribution in [2.75, 3.05) is 0 Å². The molecule has 0 amide bonds. The summed E-state index contributed by atoms with van der Waals surface area (Å²) in [6.45, 7) is 19.2. The summed E-state index contributed by atoms with van der Waals surface area (Å²) in [4.78, 5) is 39.8. The second kappa shape index (κ2) is 18.6. The number of hydrogen-bond acceptors (Lipinski definition) is 10. The second-order valence-electron chi connectivity index (χ2n) is 8.79. The number of aromatic nitrogens is 10. The minimum atomic E-state index is 0.775. The SMILES string of the molecule is Cc1cccc(C)n1.Cc1ccnc(C)n1.Cc1ccnc(C)n1.Cc1cncc(C)n1.Cc1ncnc(C)n1. The molecular formula is C30H40N10. The van der Waals surface area contributed by atoms with E-state index < -0.39 is 0 Å². The maximum Gasteiger partial charge on any atom is 0.129 e. The van der Waals surface area contributed by atoms with Crippen molar-refractivity contribution in [3.8, 4) is 0 Å². The molecule has 0 aromatic carbocycles. The Morgan fingerprint density at radius 1 is 0.375 bits per heavy atom. The van der Waals surface area contributed by atoms with E-state index in [1.54, 1.807) is 24.8 Å². The molecule has 0 unspecified atom stereocenters. The van der Waals surface area contributed by atoms with Crippen LogP contribution in [0.15, 0.2) is 61.4 Å². The molecule has 40 heavy (non-hydrogen) atoms. The molecule has 0 N–H and O–H groups in total. The first-order valence-corrected chi connectivity index (χ1v) is 12.7. The largest absolute Gasteiger partial charge is 0.261 e. The Morgan fingerprint density at radius 2 is 0.750 bits per heavy atom. The molecule has 0 aliphatic heterocycles. The van der Waals surface area contributed by atoms with Gasteiger partial charge in [0, 0.05) is 47.6 Å². The van der Waals surface area contributed by atoms with Crippen LogP contribution in [0.1, 0.15) is 57.5 Å². The van der Waals surface area contributed by atoms with Crippen LogP contribution in [-0.4, -0.2) is 49.8 Å². The number of rotatable bonds is 0. The van der Waals surface area contributed by atoms with Gasteiger partial charge in [-0.15, -0.1) is 0 Å². The fourth-order valence-corrected chi connectivity index (χ4v) is 2.90. The maximum absolute atomic E-state index is 4.17. The summed E-state index contributed by atoms with van der Waals surface area (Å²) in [7, 11) is 0. The first-order valence-electron chi connectivity index (χ1n) is 12.7. The zero-order chi connectivity index (χ0) is 29.9. The molecule has 0 spiro atoms. The highest BCUT2D eigenvalue weighted by Gasteiger charge is 1.86. The highest BCUT2D eigenvalue weighted by atomic mass is 15.0. The van der Waals surface area contributed by atoms with E-state index in [1.807, 2.05) is 99.6 Å². The predicted molar refractivity (Wildman–Crippen MR) is 158 cm³/mol. The minimum absolute atomic E-state index is 0.775. The molecule has 10 nitrogen and oxygen atoms in total. The summed E-state index contributed by atoms with van der Waals surface area (Å²) >= 11 is 0. The molecule has 5 aromatic rings. The molecule has 210 valence electrons. The zero-order valence-electron chi connectivity index (χ0n) is 25.2. The Balaban J connectivity index is 0.000000250. The minimum Gasteiger partial charge on any atom is -0.261 e. The van der Waals surface area contributed by atoms with Gasteiger partial charge in [-0.2, -0.15) is 0 Å². The second-order valence-corrected chi connectivity index (χ2v) is 8.79. The summed E-state index contributed by atoms with van der Waals surface area (Å²) in [6.07, 6.45) is 8.52. The Morgan fingerprint density at radius 3 is 0.975 bits per heavy atom. The lowest BCUT2D eigenvalue weighted by Gasteiger charge is -1.90. The van der Waals surface area contributed by atoms with Crippen molar-refractivity contribution >= 4 is 0 Å². The van der Waals surface area contributed by atoms with E-state index in [2.05, 4.69) is 49.8 Å². The molecule has 0 saturated heterocycles. The molecule has 5 heterocycles. The highest BCUT2D eigenvalue weighted by Crippen LogP contribution is 1.94. The van der Waals surface area contributed by atoms with Gasteiger partial charge < -0.3 is 0 Å². The standard InChI is InChI=1S/C7H9N.3C6H8N2.C5H7N3/c1-6-4-3-5-7(2)8-6;1-5-3-7-4-6(2)8-5;2*1-5-3-4-7-6(2)8-5;1-4-6-3-7-5(2)8-4/h3-5H,1-2H3;3*3-4H,1-2H3;3H,1-2H3. The quantitative estimate of drug-likeness (QED) is 0.249. The van der Waals surface area contributed by atoms with E-state index in [0.29, 0.717) is 0 Å². The first kappa shape index (κ1) is 33.4. The van der Waals surface area contributed by atoms with E-state index in [0.717, 1.165) is 57.5 Å². The van der Waals surface area contributed by atoms with Crippen molar-refractivity contribution in [1.82, 2.24) is 49.8 Å². The summed E-state index contributed by atoms with van der Waals surface area (Å²) in [6, 6.07) is 9.76. The van der Waals surface area contributed by atoms with Crippen molar-refractivity contribution in [3.05, 3.63) is 119 Å². The fraction of sp³-hybridized carbons (Fsp3) is 0.333. The van der Waals surface area contributed by atoms with E-state index in [4.69, 9.17) is 0 Å². The molecule has 0 aliphatic carbocycles. The third-order valence-electron chi connectivity index (χ3n) is 4.55. The van der Waals surface area contributed by atoms with Crippen LogP contribution >= 0.6 is 0 Å². The molecule has 5 aromatic heterocycles. The molecular weight excluding hydrogens is 500 g/mol. The van der Waals surface area contributed by atoms with Gasteiger partial charge in [0.15, 0.2) is 0 Å². The van der Waals surface area contributed by atoms with Gasteiger partial charge in [0.2, 0.25) is 0 Å². The molecule has 0 aliphatic rings. The Hall–Kier alpha value is -4.60. The lowest BCUT2D eigenvalue weighted by atomic mass is 10.3. The Bertz CT molecular complexity index is 1080. The van der Waals surface area contributed by atoms with Gasteiger partial charge in [0.05, 0.1) is 11.4 Å². The van der Waals surface area contributed by atoms with Crippen molar-refractivity contribution in [2.45, 2.75) is 69.2 Å². The van der Waals surface area contributed by atoms with Crippen LogP contribution in [0.25, 0.3) is 0 Å². The number of pyridine rings is 1. The number of aryl methyl sites for hydroxylation is 10. The van der Waals surface area contributed by atoms with E-state index in [1.165, 1.54) is 6.33 Å². The zero-order valence-corrected chi connectivity index (χ0v) is 25.2.